The Hall–Kier alpha value is -1.92. The molecule has 1 amide bonds. The number of carbonyl (C=O) groups excluding carboxylic acids is 1. The molecule has 2 heterocycles. The van der Waals surface area contributed by atoms with Crippen LogP contribution in [-0.2, 0) is 4.79 Å². The van der Waals surface area contributed by atoms with Gasteiger partial charge in [0, 0.05) is 13.0 Å². The molecule has 1 N–H and O–H groups in total. The first-order valence-corrected chi connectivity index (χ1v) is 7.55. The van der Waals surface area contributed by atoms with Crippen molar-refractivity contribution in [2.75, 3.05) is 5.32 Å². The van der Waals surface area contributed by atoms with Crippen LogP contribution in [0.25, 0.3) is 15.3 Å². The van der Waals surface area contributed by atoms with Crippen LogP contribution in [0.1, 0.15) is 18.2 Å². The number of aromatic nitrogens is 3. The van der Waals surface area contributed by atoms with E-state index in [1.54, 1.807) is 4.68 Å². The van der Waals surface area contributed by atoms with Crippen molar-refractivity contribution < 1.29 is 4.79 Å². The Bertz CT molecular complexity index is 813. The lowest BCUT2D eigenvalue weighted by Gasteiger charge is -2.03. The maximum absolute atomic E-state index is 11.3. The Kier molecular flexibility index (Phi) is 3.43. The summed E-state index contributed by atoms with van der Waals surface area (Å²) in [6, 6.07) is 5.61. The maximum atomic E-state index is 11.3. The molecule has 7 heteroatoms. The molecule has 0 fully saturated rings. The van der Waals surface area contributed by atoms with Crippen molar-refractivity contribution in [2.24, 2.45) is 0 Å². The van der Waals surface area contributed by atoms with Crippen LogP contribution in [0.4, 0.5) is 5.82 Å². The topological polar surface area (TPSA) is 59.8 Å². The molecule has 0 saturated carbocycles. The van der Waals surface area contributed by atoms with Gasteiger partial charge < -0.3 is 5.32 Å². The normalized spacial score (nSPS) is 11.0. The third-order valence-corrected chi connectivity index (χ3v) is 4.49. The molecule has 0 spiro atoms. The number of halogens is 1. The molecule has 108 valence electrons. The second-order valence-corrected chi connectivity index (χ2v) is 6.19. The minimum Gasteiger partial charge on any atom is -0.311 e. The molecule has 0 aliphatic carbocycles. The van der Waals surface area contributed by atoms with Gasteiger partial charge in [-0.25, -0.2) is 4.98 Å². The molecule has 2 aromatic heterocycles. The van der Waals surface area contributed by atoms with Crippen molar-refractivity contribution in [1.29, 1.82) is 0 Å². The second kappa shape index (κ2) is 5.13. The first-order valence-electron chi connectivity index (χ1n) is 6.36. The number of carbonyl (C=O) groups is 1. The van der Waals surface area contributed by atoms with E-state index in [1.807, 2.05) is 32.0 Å². The lowest BCUT2D eigenvalue weighted by Crippen LogP contribution is -2.10. The van der Waals surface area contributed by atoms with Crippen molar-refractivity contribution in [1.82, 2.24) is 14.8 Å². The predicted octanol–water partition coefficient (Wildman–Crippen LogP) is 3.71. The number of nitrogens with one attached hydrogen (secondary N) is 1. The molecule has 0 aliphatic heterocycles. The van der Waals surface area contributed by atoms with Crippen LogP contribution in [0.3, 0.4) is 0 Å². The van der Waals surface area contributed by atoms with Gasteiger partial charge in [0.25, 0.3) is 0 Å². The highest BCUT2D eigenvalue weighted by Gasteiger charge is 2.15. The van der Waals surface area contributed by atoms with Gasteiger partial charge in [-0.2, -0.15) is 9.78 Å². The van der Waals surface area contributed by atoms with E-state index in [4.69, 9.17) is 11.6 Å². The summed E-state index contributed by atoms with van der Waals surface area (Å²) in [5.41, 5.74) is 2.73. The minimum atomic E-state index is -0.147. The molecule has 3 rings (SSSR count). The van der Waals surface area contributed by atoms with Gasteiger partial charge in [-0.05, 0) is 25.5 Å². The number of rotatable bonds is 2. The van der Waals surface area contributed by atoms with Crippen molar-refractivity contribution in [3.05, 3.63) is 34.5 Å². The maximum Gasteiger partial charge on any atom is 0.222 e. The zero-order valence-electron chi connectivity index (χ0n) is 11.8. The average Bonchev–Trinajstić information content (AvgIpc) is 2.98. The summed E-state index contributed by atoms with van der Waals surface area (Å²) in [5.74, 6) is 0.458. The summed E-state index contributed by atoms with van der Waals surface area (Å²) < 4.78 is 2.56. The Morgan fingerprint density at radius 3 is 2.81 bits per heavy atom. The molecule has 0 bridgehead atoms. The van der Waals surface area contributed by atoms with E-state index in [1.165, 1.54) is 18.3 Å². The molecule has 1 aromatic carbocycles. The lowest BCUT2D eigenvalue weighted by molar-refractivity contribution is -0.114. The van der Waals surface area contributed by atoms with Gasteiger partial charge >= 0.3 is 0 Å². The molecule has 0 radical (unpaired) electrons. The van der Waals surface area contributed by atoms with Gasteiger partial charge in [-0.1, -0.05) is 29.0 Å². The minimum absolute atomic E-state index is 0.147. The van der Waals surface area contributed by atoms with E-state index in [2.05, 4.69) is 15.4 Å². The summed E-state index contributed by atoms with van der Waals surface area (Å²) >= 11 is 7.68. The van der Waals surface area contributed by atoms with E-state index in [0.717, 1.165) is 21.5 Å². The average molecular weight is 321 g/mol. The molecular weight excluding hydrogens is 308 g/mol. The van der Waals surface area contributed by atoms with Crippen molar-refractivity contribution in [2.45, 2.75) is 20.8 Å². The molecule has 0 saturated heterocycles. The zero-order chi connectivity index (χ0) is 15.1. The monoisotopic (exact) mass is 320 g/mol. The summed E-state index contributed by atoms with van der Waals surface area (Å²) in [6.45, 7) is 5.32. The van der Waals surface area contributed by atoms with Crippen molar-refractivity contribution >= 4 is 44.9 Å². The Labute approximate surface area is 130 Å². The van der Waals surface area contributed by atoms with E-state index < -0.39 is 0 Å². The number of fused-ring (bicyclic) bond motifs is 1. The number of thiazole rings is 1. The predicted molar refractivity (Wildman–Crippen MR) is 85.5 cm³/mol. The number of benzene rings is 1. The molecule has 3 aromatic rings. The summed E-state index contributed by atoms with van der Waals surface area (Å²) in [6.07, 6.45) is 0. The fraction of sp³-hybridized carbons (Fsp3) is 0.214. The zero-order valence-corrected chi connectivity index (χ0v) is 13.3. The van der Waals surface area contributed by atoms with Gasteiger partial charge in [0.15, 0.2) is 0 Å². The molecular formula is C14H13ClN4OS. The van der Waals surface area contributed by atoms with Gasteiger partial charge in [0.2, 0.25) is 11.0 Å². The van der Waals surface area contributed by atoms with Crippen molar-refractivity contribution in [3.8, 4) is 5.13 Å². The van der Waals surface area contributed by atoms with Crippen LogP contribution >= 0.6 is 22.9 Å². The van der Waals surface area contributed by atoms with Gasteiger partial charge in [-0.15, -0.1) is 0 Å². The van der Waals surface area contributed by atoms with Crippen molar-refractivity contribution in [3.63, 3.8) is 0 Å². The summed E-state index contributed by atoms with van der Waals surface area (Å²) in [5, 5.41) is 8.51. The summed E-state index contributed by atoms with van der Waals surface area (Å²) in [7, 11) is 0. The van der Waals surface area contributed by atoms with E-state index in [0.29, 0.717) is 16.0 Å². The quantitative estimate of drug-likeness (QED) is 0.783. The molecule has 5 nitrogen and oxygen atoms in total. The van der Waals surface area contributed by atoms with Gasteiger partial charge in [-0.3, -0.25) is 4.79 Å². The van der Waals surface area contributed by atoms with Crippen LogP contribution in [0.5, 0.6) is 0 Å². The first kappa shape index (κ1) is 14.0. The molecule has 0 aliphatic rings. The van der Waals surface area contributed by atoms with E-state index in [9.17, 15) is 4.79 Å². The second-order valence-electron chi connectivity index (χ2n) is 4.80. The van der Waals surface area contributed by atoms with Gasteiger partial charge in [0.1, 0.15) is 5.82 Å². The smallest absolute Gasteiger partial charge is 0.222 e. The molecule has 21 heavy (non-hydrogen) atoms. The van der Waals surface area contributed by atoms with Crippen LogP contribution in [0.15, 0.2) is 18.2 Å². The Morgan fingerprint density at radius 1 is 1.38 bits per heavy atom. The molecule has 0 atom stereocenters. The molecule has 0 unspecified atom stereocenters. The largest absolute Gasteiger partial charge is 0.311 e. The van der Waals surface area contributed by atoms with E-state index >= 15 is 0 Å². The number of anilines is 1. The number of hydrogen-bond donors (Lipinski definition) is 1. The highest BCUT2D eigenvalue weighted by Crippen LogP contribution is 2.34. The number of nitrogens with zero attached hydrogens (tertiary/aromatic N) is 3. The summed E-state index contributed by atoms with van der Waals surface area (Å²) in [4.78, 5) is 15.9. The Balaban J connectivity index is 2.19. The highest BCUT2D eigenvalue weighted by atomic mass is 35.5. The van der Waals surface area contributed by atoms with E-state index in [-0.39, 0.29) is 5.91 Å². The van der Waals surface area contributed by atoms with Crippen LogP contribution in [0, 0.1) is 13.8 Å². The number of amides is 1. The van der Waals surface area contributed by atoms with Crippen LogP contribution in [0.2, 0.25) is 5.02 Å². The third kappa shape index (κ3) is 2.52. The Morgan fingerprint density at radius 2 is 2.14 bits per heavy atom. The van der Waals surface area contributed by atoms with Crippen LogP contribution < -0.4 is 5.32 Å². The highest BCUT2D eigenvalue weighted by molar-refractivity contribution is 7.21. The third-order valence-electron chi connectivity index (χ3n) is 3.00. The standard InChI is InChI=1S/C14H13ClN4OS/c1-7-4-5-10(15)13-12(7)17-14(21-13)19-11(16-9(3)20)6-8(2)18-19/h4-6H,1-3H3,(H,16,20). The fourth-order valence-electron chi connectivity index (χ4n) is 2.10. The van der Waals surface area contributed by atoms with Crippen LogP contribution in [-0.4, -0.2) is 20.7 Å². The lowest BCUT2D eigenvalue weighted by atomic mass is 10.2. The number of aryl methyl sites for hydroxylation is 2. The van der Waals surface area contributed by atoms with Gasteiger partial charge in [0.05, 0.1) is 20.9 Å². The fourth-order valence-corrected chi connectivity index (χ4v) is 3.38. The SMILES string of the molecule is CC(=O)Nc1cc(C)nn1-c1nc2c(C)ccc(Cl)c2s1. The number of hydrogen-bond acceptors (Lipinski definition) is 4. The first-order chi connectivity index (χ1) is 9.95.